The van der Waals surface area contributed by atoms with E-state index in [1.807, 2.05) is 19.9 Å². The van der Waals surface area contributed by atoms with Gasteiger partial charge in [0, 0.05) is 0 Å². The van der Waals surface area contributed by atoms with Gasteiger partial charge in [0.25, 0.3) is 0 Å². The van der Waals surface area contributed by atoms with Crippen LogP contribution in [0.5, 0.6) is 0 Å². The first kappa shape index (κ1) is 8.82. The van der Waals surface area contributed by atoms with Crippen molar-refractivity contribution in [3.8, 4) is 0 Å². The Bertz CT molecular complexity index is 72.2. The lowest BCUT2D eigenvalue weighted by Gasteiger charge is -2.14. The third-order valence-electron chi connectivity index (χ3n) is 0.542. The summed E-state index contributed by atoms with van der Waals surface area (Å²) in [4.78, 5) is 3.05. The molecule has 0 aromatic heterocycles. The first-order valence-corrected chi connectivity index (χ1v) is 6.97. The molecule has 1 N–H and O–H groups in total. The van der Waals surface area contributed by atoms with Gasteiger partial charge in [-0.15, -0.1) is 11.1 Å². The first-order chi connectivity index (χ1) is 3.42. The summed E-state index contributed by atoms with van der Waals surface area (Å²) >= 11 is 11.5. The molecule has 0 atom stereocenters. The average Bonchev–Trinajstić information content (AvgIpc) is 1.21. The highest BCUT2D eigenvalue weighted by molar-refractivity contribution is 7.24. The lowest BCUT2D eigenvalue weighted by atomic mass is 10.0. The fourth-order valence-corrected chi connectivity index (χ4v) is 2.90. The maximum Gasteiger partial charge on any atom is 0.319 e. The molecule has 0 radical (unpaired) electrons. The van der Waals surface area contributed by atoms with Gasteiger partial charge in [-0.1, -0.05) is 6.82 Å². The molecule has 0 aliphatic rings. The van der Waals surface area contributed by atoms with Crippen LogP contribution in [0.4, 0.5) is 0 Å². The van der Waals surface area contributed by atoms with Crippen LogP contribution < -0.4 is 4.89 Å². The van der Waals surface area contributed by atoms with Crippen LogP contribution in [0.2, 0.25) is 19.9 Å². The molecule has 0 spiro atoms. The maximum absolute atomic E-state index is 5.87. The van der Waals surface area contributed by atoms with Crippen molar-refractivity contribution >= 4 is 36.3 Å². The standard InChI is InChI=1S/C3H10BCl2NSi/c1-4(5)7-8(2,3)6/h7H,1-3H3. The summed E-state index contributed by atoms with van der Waals surface area (Å²) < 4.78 is 0. The molecule has 0 aromatic rings. The van der Waals surface area contributed by atoms with Gasteiger partial charge in [-0.25, -0.2) is 0 Å². The molecule has 0 aliphatic heterocycles. The smallest absolute Gasteiger partial charge is 0.319 e. The van der Waals surface area contributed by atoms with Crippen molar-refractivity contribution in [2.45, 2.75) is 19.9 Å². The van der Waals surface area contributed by atoms with Gasteiger partial charge < -0.3 is 4.89 Å². The number of rotatable bonds is 2. The molecule has 0 rings (SSSR count). The Morgan fingerprint density at radius 2 is 1.88 bits per heavy atom. The average molecular weight is 170 g/mol. The van der Waals surface area contributed by atoms with Gasteiger partial charge in [-0.3, -0.25) is 0 Å². The van der Waals surface area contributed by atoms with E-state index in [2.05, 4.69) is 4.89 Å². The van der Waals surface area contributed by atoms with Gasteiger partial charge in [0.15, 0.2) is 0 Å². The zero-order valence-corrected chi connectivity index (χ0v) is 7.85. The van der Waals surface area contributed by atoms with Gasteiger partial charge in [0.05, 0.1) is 0 Å². The van der Waals surface area contributed by atoms with Gasteiger partial charge in [-0.2, -0.15) is 11.5 Å². The monoisotopic (exact) mass is 169 g/mol. The van der Waals surface area contributed by atoms with E-state index in [1.54, 1.807) is 0 Å². The van der Waals surface area contributed by atoms with Crippen molar-refractivity contribution in [2.24, 2.45) is 0 Å². The minimum Gasteiger partial charge on any atom is -0.353 e. The van der Waals surface area contributed by atoms with E-state index in [-0.39, 0.29) is 6.26 Å². The van der Waals surface area contributed by atoms with E-state index in [1.165, 1.54) is 0 Å². The van der Waals surface area contributed by atoms with Crippen LogP contribution >= 0.6 is 22.5 Å². The molecule has 1 nitrogen and oxygen atoms in total. The molecule has 48 valence electrons. The fourth-order valence-electron chi connectivity index (χ4n) is 0.473. The Morgan fingerprint density at radius 3 is 1.88 bits per heavy atom. The molecule has 0 aromatic carbocycles. The predicted octanol–water partition coefficient (Wildman–Crippen LogP) is 1.87. The minimum atomic E-state index is -1.63. The Balaban J connectivity index is 3.39. The highest BCUT2D eigenvalue weighted by Crippen LogP contribution is 2.03. The van der Waals surface area contributed by atoms with Crippen LogP contribution in [0, 0.1) is 0 Å². The normalized spacial score (nSPS) is 11.6. The van der Waals surface area contributed by atoms with E-state index in [9.17, 15) is 0 Å². The fraction of sp³-hybridized carbons (Fsp3) is 1.00. The molecule has 0 aliphatic carbocycles. The molecule has 0 saturated heterocycles. The van der Waals surface area contributed by atoms with Crippen LogP contribution in [-0.2, 0) is 0 Å². The first-order valence-electron chi connectivity index (χ1n) is 2.52. The van der Waals surface area contributed by atoms with E-state index in [0.717, 1.165) is 0 Å². The zero-order valence-electron chi connectivity index (χ0n) is 5.33. The second-order valence-corrected chi connectivity index (χ2v) is 8.96. The van der Waals surface area contributed by atoms with Crippen LogP contribution in [0.25, 0.3) is 0 Å². The lowest BCUT2D eigenvalue weighted by Crippen LogP contribution is -2.44. The van der Waals surface area contributed by atoms with E-state index in [0.29, 0.717) is 0 Å². The number of nitrogens with one attached hydrogen (secondary N) is 1. The summed E-state index contributed by atoms with van der Waals surface area (Å²) in [6.45, 7) is 5.86. The van der Waals surface area contributed by atoms with Crippen molar-refractivity contribution < 1.29 is 0 Å². The molecule has 5 heteroatoms. The maximum atomic E-state index is 5.87. The minimum absolute atomic E-state index is 0.00540. The second-order valence-electron chi connectivity index (χ2n) is 2.23. The summed E-state index contributed by atoms with van der Waals surface area (Å²) in [5, 5.41) is 0. The number of hydrogen-bond acceptors (Lipinski definition) is 1. The Kier molecular flexibility index (Phi) is 3.43. The summed E-state index contributed by atoms with van der Waals surface area (Å²) in [5.41, 5.74) is 0. The van der Waals surface area contributed by atoms with Crippen molar-refractivity contribution in [2.75, 3.05) is 0 Å². The third-order valence-corrected chi connectivity index (χ3v) is 2.28. The summed E-state index contributed by atoms with van der Waals surface area (Å²) in [5.74, 6) is 0. The molecule has 8 heavy (non-hydrogen) atoms. The zero-order chi connectivity index (χ0) is 6.78. The van der Waals surface area contributed by atoms with Gasteiger partial charge >= 0.3 is 6.26 Å². The quantitative estimate of drug-likeness (QED) is 0.492. The van der Waals surface area contributed by atoms with Crippen LogP contribution in [0.3, 0.4) is 0 Å². The van der Waals surface area contributed by atoms with Crippen molar-refractivity contribution in [3.05, 3.63) is 0 Å². The number of halogens is 2. The largest absolute Gasteiger partial charge is 0.353 e. The SMILES string of the molecule is CB(Cl)N[Si](C)(C)Cl. The van der Waals surface area contributed by atoms with Crippen LogP contribution in [0.1, 0.15) is 0 Å². The predicted molar refractivity (Wildman–Crippen MR) is 43.9 cm³/mol. The van der Waals surface area contributed by atoms with Gasteiger partial charge in [0.1, 0.15) is 0 Å². The van der Waals surface area contributed by atoms with Crippen LogP contribution in [0.15, 0.2) is 0 Å². The van der Waals surface area contributed by atoms with E-state index in [4.69, 9.17) is 22.5 Å². The molecule has 0 fully saturated rings. The molecule has 0 heterocycles. The molecule has 0 saturated carbocycles. The molecular weight excluding hydrogens is 160 g/mol. The summed E-state index contributed by atoms with van der Waals surface area (Å²) in [7, 11) is -1.63. The van der Waals surface area contributed by atoms with Gasteiger partial charge in [-0.05, 0) is 13.1 Å². The Labute approximate surface area is 61.6 Å². The topological polar surface area (TPSA) is 12.0 Å². The molecule has 0 bridgehead atoms. The third kappa shape index (κ3) is 6.82. The summed E-state index contributed by atoms with van der Waals surface area (Å²) in [6, 6.07) is 0. The highest BCUT2D eigenvalue weighted by Gasteiger charge is 2.19. The van der Waals surface area contributed by atoms with E-state index < -0.39 is 7.55 Å². The highest BCUT2D eigenvalue weighted by atomic mass is 35.6. The second kappa shape index (κ2) is 3.11. The summed E-state index contributed by atoms with van der Waals surface area (Å²) in [6.07, 6.45) is -0.00540. The lowest BCUT2D eigenvalue weighted by molar-refractivity contribution is 1.46. The van der Waals surface area contributed by atoms with Crippen molar-refractivity contribution in [3.63, 3.8) is 0 Å². The van der Waals surface area contributed by atoms with Crippen LogP contribution in [-0.4, -0.2) is 13.8 Å². The molecule has 0 unspecified atom stereocenters. The van der Waals surface area contributed by atoms with Crippen molar-refractivity contribution in [1.82, 2.24) is 4.89 Å². The van der Waals surface area contributed by atoms with Gasteiger partial charge in [0.2, 0.25) is 7.55 Å². The van der Waals surface area contributed by atoms with E-state index >= 15 is 0 Å². The van der Waals surface area contributed by atoms with Crippen molar-refractivity contribution in [1.29, 1.82) is 0 Å². The number of hydrogen-bond donors (Lipinski definition) is 1. The molecular formula is C3H10BCl2NSi. The Hall–Kier alpha value is 0.822. The molecule has 0 amide bonds. The Morgan fingerprint density at radius 1 is 1.50 bits per heavy atom.